The molecule has 0 aliphatic carbocycles. The van der Waals surface area contributed by atoms with Crippen LogP contribution in [-0.2, 0) is 4.57 Å². The number of hydrogen-bond donors (Lipinski definition) is 0. The molecule has 0 rings (SSSR count). The van der Waals surface area contributed by atoms with Gasteiger partial charge in [-0.25, -0.2) is 0 Å². The highest BCUT2D eigenvalue weighted by atomic mass is 35.5. The summed E-state index contributed by atoms with van der Waals surface area (Å²) in [5, 5.41) is 0. The van der Waals surface area contributed by atoms with Gasteiger partial charge in [-0.15, -0.1) is 23.2 Å². The van der Waals surface area contributed by atoms with Gasteiger partial charge in [-0.1, -0.05) is 11.4 Å². The molecular formula is C6H9Cl2O3P-2. The van der Waals surface area contributed by atoms with Gasteiger partial charge in [0.25, 0.3) is 0 Å². The average molecular weight is 231 g/mol. The average Bonchev–Trinajstić information content (AvgIpc) is 1.84. The van der Waals surface area contributed by atoms with Gasteiger partial charge < -0.3 is 14.4 Å². The van der Waals surface area contributed by atoms with Crippen molar-refractivity contribution < 1.29 is 14.4 Å². The monoisotopic (exact) mass is 230 g/mol. The number of hydrogen-bond acceptors (Lipinski definition) is 3. The fourth-order valence-electron chi connectivity index (χ4n) is 0.720. The third-order valence-corrected chi connectivity index (χ3v) is 2.23. The maximum atomic E-state index is 10.3. The first-order valence-electron chi connectivity index (χ1n) is 3.34. The van der Waals surface area contributed by atoms with E-state index in [1.54, 1.807) is 0 Å². The molecule has 0 spiro atoms. The van der Waals surface area contributed by atoms with E-state index in [-0.39, 0.29) is 0 Å². The van der Waals surface area contributed by atoms with Crippen LogP contribution in [-0.4, -0.2) is 11.8 Å². The van der Waals surface area contributed by atoms with E-state index in [0.29, 0.717) is 30.2 Å². The Bertz CT molecular complexity index is 191. The minimum absolute atomic E-state index is 0.294. The molecule has 0 radical (unpaired) electrons. The predicted molar refractivity (Wildman–Crippen MR) is 46.4 cm³/mol. The standard InChI is InChI=1S/C6H11Cl2O3P/c7-3-1-6(2-4-8)5-12(9,10)11/h5H,1-4H2,(H2,9,10,11)/p-2. The molecular weight excluding hydrogens is 222 g/mol. The van der Waals surface area contributed by atoms with E-state index in [9.17, 15) is 14.4 Å². The summed E-state index contributed by atoms with van der Waals surface area (Å²) >= 11 is 10.8. The molecule has 0 aromatic heterocycles. The Labute approximate surface area is 81.5 Å². The highest BCUT2D eigenvalue weighted by molar-refractivity contribution is 7.52. The molecule has 6 heteroatoms. The van der Waals surface area contributed by atoms with Gasteiger partial charge in [0.05, 0.1) is 0 Å². The van der Waals surface area contributed by atoms with Gasteiger partial charge in [-0.2, -0.15) is 0 Å². The van der Waals surface area contributed by atoms with E-state index in [2.05, 4.69) is 0 Å². The minimum Gasteiger partial charge on any atom is -0.808 e. The Morgan fingerprint density at radius 1 is 1.25 bits per heavy atom. The number of rotatable bonds is 5. The van der Waals surface area contributed by atoms with Crippen LogP contribution in [0.25, 0.3) is 0 Å². The number of halogens is 2. The summed E-state index contributed by atoms with van der Waals surface area (Å²) in [5.41, 5.74) is 0.494. The molecule has 0 saturated heterocycles. The molecule has 0 aliphatic heterocycles. The molecule has 0 aromatic rings. The van der Waals surface area contributed by atoms with Crippen LogP contribution >= 0.6 is 30.8 Å². The van der Waals surface area contributed by atoms with Gasteiger partial charge >= 0.3 is 0 Å². The summed E-state index contributed by atoms with van der Waals surface area (Å²) in [6.45, 7) is 0. The lowest BCUT2D eigenvalue weighted by Crippen LogP contribution is -2.11. The first-order chi connectivity index (χ1) is 5.49. The molecule has 0 aliphatic rings. The molecule has 3 nitrogen and oxygen atoms in total. The SMILES string of the molecule is O=P([O-])([O-])C=C(CCCl)CCCl. The smallest absolute Gasteiger partial charge is 0.0260 e. The second-order valence-corrected chi connectivity index (χ2v) is 4.30. The molecule has 0 unspecified atom stereocenters. The fourth-order valence-corrected chi connectivity index (χ4v) is 1.91. The zero-order valence-corrected chi connectivity index (χ0v) is 8.74. The third-order valence-electron chi connectivity index (χ3n) is 1.17. The molecule has 0 amide bonds. The lowest BCUT2D eigenvalue weighted by molar-refractivity contribution is -0.308. The van der Waals surface area contributed by atoms with Crippen LogP contribution in [0.3, 0.4) is 0 Å². The van der Waals surface area contributed by atoms with E-state index in [1.807, 2.05) is 0 Å². The van der Waals surface area contributed by atoms with Crippen LogP contribution in [0.15, 0.2) is 11.4 Å². The normalized spacial score (nSPS) is 11.3. The van der Waals surface area contributed by atoms with Crippen LogP contribution in [0.1, 0.15) is 12.8 Å². The van der Waals surface area contributed by atoms with Crippen molar-refractivity contribution in [3.05, 3.63) is 11.4 Å². The summed E-state index contributed by atoms with van der Waals surface area (Å²) in [6, 6.07) is 0. The van der Waals surface area contributed by atoms with Gasteiger partial charge in [0, 0.05) is 11.8 Å². The Kier molecular flexibility index (Phi) is 6.24. The van der Waals surface area contributed by atoms with Gasteiger partial charge in [-0.3, -0.25) is 0 Å². The van der Waals surface area contributed by atoms with E-state index in [0.717, 1.165) is 5.82 Å². The van der Waals surface area contributed by atoms with Crippen molar-refractivity contribution in [2.24, 2.45) is 0 Å². The van der Waals surface area contributed by atoms with E-state index in [4.69, 9.17) is 23.2 Å². The summed E-state index contributed by atoms with van der Waals surface area (Å²) in [4.78, 5) is 20.6. The van der Waals surface area contributed by atoms with Crippen LogP contribution in [0.4, 0.5) is 0 Å². The molecule has 72 valence electrons. The van der Waals surface area contributed by atoms with Crippen LogP contribution < -0.4 is 9.79 Å². The number of allylic oxidation sites excluding steroid dienone is 1. The summed E-state index contributed by atoms with van der Waals surface area (Å²) in [6.07, 6.45) is 0.783. The van der Waals surface area contributed by atoms with Gasteiger partial charge in [0.1, 0.15) is 0 Å². The molecule has 0 aromatic carbocycles. The maximum absolute atomic E-state index is 10.3. The maximum Gasteiger partial charge on any atom is 0.0260 e. The zero-order valence-electron chi connectivity index (χ0n) is 6.33. The van der Waals surface area contributed by atoms with Crippen molar-refractivity contribution in [1.29, 1.82) is 0 Å². The molecule has 0 bridgehead atoms. The van der Waals surface area contributed by atoms with Gasteiger partial charge in [-0.05, 0) is 20.4 Å². The van der Waals surface area contributed by atoms with Crippen molar-refractivity contribution in [2.45, 2.75) is 12.8 Å². The lowest BCUT2D eigenvalue weighted by Gasteiger charge is -2.26. The Morgan fingerprint density at radius 2 is 1.67 bits per heavy atom. The third kappa shape index (κ3) is 7.14. The summed E-state index contributed by atoms with van der Waals surface area (Å²) in [5.74, 6) is 1.31. The largest absolute Gasteiger partial charge is 0.808 e. The van der Waals surface area contributed by atoms with Crippen LogP contribution in [0.5, 0.6) is 0 Å². The molecule has 0 N–H and O–H groups in total. The van der Waals surface area contributed by atoms with E-state index >= 15 is 0 Å². The number of alkyl halides is 2. The van der Waals surface area contributed by atoms with Crippen LogP contribution in [0, 0.1) is 0 Å². The van der Waals surface area contributed by atoms with Crippen molar-refractivity contribution in [3.8, 4) is 0 Å². The van der Waals surface area contributed by atoms with E-state index in [1.165, 1.54) is 0 Å². The predicted octanol–water partition coefficient (Wildman–Crippen LogP) is 1.04. The van der Waals surface area contributed by atoms with Crippen molar-refractivity contribution in [2.75, 3.05) is 11.8 Å². The van der Waals surface area contributed by atoms with Crippen molar-refractivity contribution >= 4 is 30.8 Å². The first-order valence-corrected chi connectivity index (χ1v) is 6.02. The summed E-state index contributed by atoms with van der Waals surface area (Å²) < 4.78 is 10.3. The highest BCUT2D eigenvalue weighted by Gasteiger charge is 1.96. The molecule has 12 heavy (non-hydrogen) atoms. The Morgan fingerprint density at radius 3 is 1.92 bits per heavy atom. The van der Waals surface area contributed by atoms with Gasteiger partial charge in [0.15, 0.2) is 0 Å². The van der Waals surface area contributed by atoms with Crippen LogP contribution in [0.2, 0.25) is 0 Å². The van der Waals surface area contributed by atoms with Crippen molar-refractivity contribution in [1.82, 2.24) is 0 Å². The second-order valence-electron chi connectivity index (χ2n) is 2.21. The summed E-state index contributed by atoms with van der Waals surface area (Å²) in [7, 11) is -4.56. The zero-order chi connectivity index (χ0) is 9.61. The molecule has 0 fully saturated rings. The Balaban J connectivity index is 4.27. The minimum atomic E-state index is -4.56. The van der Waals surface area contributed by atoms with E-state index < -0.39 is 7.60 Å². The molecule has 0 atom stereocenters. The second kappa shape index (κ2) is 6.01. The Hall–Kier alpha value is 0.470. The first kappa shape index (κ1) is 12.5. The topological polar surface area (TPSA) is 63.2 Å². The fraction of sp³-hybridized carbons (Fsp3) is 0.667. The lowest BCUT2D eigenvalue weighted by atomic mass is 10.2. The molecule has 0 heterocycles. The quantitative estimate of drug-likeness (QED) is 0.524. The van der Waals surface area contributed by atoms with Crippen molar-refractivity contribution in [3.63, 3.8) is 0 Å². The highest BCUT2D eigenvalue weighted by Crippen LogP contribution is 2.29. The van der Waals surface area contributed by atoms with Gasteiger partial charge in [0.2, 0.25) is 0 Å². The molecule has 0 saturated carbocycles.